The Hall–Kier alpha value is -3.90. The van der Waals surface area contributed by atoms with E-state index in [2.05, 4.69) is 9.98 Å². The normalized spacial score (nSPS) is 9.57. The SMILES string of the molecule is O=C=Nc1ccc(OC(=O)COCCOC(=O)c2ccc(N=C=O)cc2)cc1. The Morgan fingerprint density at radius 3 is 1.96 bits per heavy atom. The van der Waals surface area contributed by atoms with Gasteiger partial charge >= 0.3 is 11.9 Å². The van der Waals surface area contributed by atoms with Crippen molar-refractivity contribution in [2.75, 3.05) is 19.8 Å². The maximum absolute atomic E-state index is 11.8. The Labute approximate surface area is 159 Å². The summed E-state index contributed by atoms with van der Waals surface area (Å²) < 4.78 is 15.1. The minimum Gasteiger partial charge on any atom is -0.460 e. The van der Waals surface area contributed by atoms with Gasteiger partial charge in [-0.3, -0.25) is 0 Å². The van der Waals surface area contributed by atoms with E-state index in [1.165, 1.54) is 60.7 Å². The van der Waals surface area contributed by atoms with E-state index in [1.54, 1.807) is 0 Å². The van der Waals surface area contributed by atoms with Gasteiger partial charge in [0.25, 0.3) is 0 Å². The summed E-state index contributed by atoms with van der Waals surface area (Å²) in [6.45, 7) is -0.385. The molecule has 2 rings (SSSR count). The largest absolute Gasteiger partial charge is 0.460 e. The Morgan fingerprint density at radius 2 is 1.39 bits per heavy atom. The molecular weight excluding hydrogens is 368 g/mol. The molecule has 0 unspecified atom stereocenters. The molecule has 0 aliphatic carbocycles. The summed E-state index contributed by atoms with van der Waals surface area (Å²) in [5, 5.41) is 0. The highest BCUT2D eigenvalue weighted by Gasteiger charge is 2.08. The van der Waals surface area contributed by atoms with Crippen LogP contribution in [0.15, 0.2) is 58.5 Å². The van der Waals surface area contributed by atoms with Crippen molar-refractivity contribution < 1.29 is 33.4 Å². The third kappa shape index (κ3) is 6.78. The number of ether oxygens (including phenoxy) is 3. The second-order valence-corrected chi connectivity index (χ2v) is 5.11. The van der Waals surface area contributed by atoms with Gasteiger partial charge in [0.15, 0.2) is 0 Å². The number of rotatable bonds is 9. The first-order chi connectivity index (χ1) is 13.6. The third-order valence-electron chi connectivity index (χ3n) is 3.20. The smallest absolute Gasteiger partial charge is 0.338 e. The summed E-state index contributed by atoms with van der Waals surface area (Å²) in [7, 11) is 0. The lowest BCUT2D eigenvalue weighted by molar-refractivity contribution is -0.139. The van der Waals surface area contributed by atoms with E-state index in [4.69, 9.17) is 14.2 Å². The van der Waals surface area contributed by atoms with Gasteiger partial charge < -0.3 is 14.2 Å². The molecule has 142 valence electrons. The van der Waals surface area contributed by atoms with Gasteiger partial charge in [-0.1, -0.05) is 0 Å². The molecule has 0 radical (unpaired) electrons. The molecule has 28 heavy (non-hydrogen) atoms. The van der Waals surface area contributed by atoms with E-state index >= 15 is 0 Å². The molecule has 0 saturated heterocycles. The van der Waals surface area contributed by atoms with Gasteiger partial charge in [0.2, 0.25) is 12.2 Å². The van der Waals surface area contributed by atoms with Crippen molar-refractivity contribution >= 4 is 35.5 Å². The lowest BCUT2D eigenvalue weighted by Crippen LogP contribution is -2.18. The highest BCUT2D eigenvalue weighted by atomic mass is 16.6. The van der Waals surface area contributed by atoms with E-state index in [9.17, 15) is 19.2 Å². The van der Waals surface area contributed by atoms with Crippen molar-refractivity contribution in [1.82, 2.24) is 0 Å². The second-order valence-electron chi connectivity index (χ2n) is 5.11. The predicted molar refractivity (Wildman–Crippen MR) is 95.2 cm³/mol. The van der Waals surface area contributed by atoms with Gasteiger partial charge in [0, 0.05) is 0 Å². The molecule has 2 aromatic carbocycles. The highest BCUT2D eigenvalue weighted by Crippen LogP contribution is 2.17. The summed E-state index contributed by atoms with van der Waals surface area (Å²) >= 11 is 0. The molecular formula is C19H14N2O7. The summed E-state index contributed by atoms with van der Waals surface area (Å²) in [6, 6.07) is 11.8. The fourth-order valence-electron chi connectivity index (χ4n) is 1.96. The first kappa shape index (κ1) is 20.4. The minimum absolute atomic E-state index is 0.00134. The molecule has 0 atom stereocenters. The first-order valence-corrected chi connectivity index (χ1v) is 7.94. The topological polar surface area (TPSA) is 121 Å². The zero-order valence-corrected chi connectivity index (χ0v) is 14.5. The molecule has 2 aromatic rings. The number of hydrogen-bond donors (Lipinski definition) is 0. The molecule has 0 bridgehead atoms. The Bertz CT molecular complexity index is 910. The van der Waals surface area contributed by atoms with Crippen LogP contribution in [0.25, 0.3) is 0 Å². The molecule has 0 N–H and O–H groups in total. The van der Waals surface area contributed by atoms with Crippen molar-refractivity contribution in [2.24, 2.45) is 9.98 Å². The van der Waals surface area contributed by atoms with Crippen LogP contribution in [0, 0.1) is 0 Å². The van der Waals surface area contributed by atoms with Crippen LogP contribution in [-0.2, 0) is 23.9 Å². The van der Waals surface area contributed by atoms with Gasteiger partial charge in [-0.25, -0.2) is 19.2 Å². The zero-order chi connectivity index (χ0) is 20.2. The Balaban J connectivity index is 1.66. The Kier molecular flexibility index (Phi) is 7.98. The molecule has 0 fully saturated rings. The van der Waals surface area contributed by atoms with Gasteiger partial charge in [-0.15, -0.1) is 0 Å². The van der Waals surface area contributed by atoms with Gasteiger partial charge in [-0.05, 0) is 48.5 Å². The number of esters is 2. The quantitative estimate of drug-likeness (QED) is 0.215. The van der Waals surface area contributed by atoms with Crippen molar-refractivity contribution in [3.8, 4) is 5.75 Å². The van der Waals surface area contributed by atoms with Crippen LogP contribution in [0.4, 0.5) is 11.4 Å². The number of nitrogens with zero attached hydrogens (tertiary/aromatic N) is 2. The van der Waals surface area contributed by atoms with Crippen molar-refractivity contribution in [3.05, 3.63) is 54.1 Å². The molecule has 0 aliphatic heterocycles. The van der Waals surface area contributed by atoms with Crippen LogP contribution in [0.5, 0.6) is 5.75 Å². The number of benzene rings is 2. The molecule has 0 saturated carbocycles. The highest BCUT2D eigenvalue weighted by molar-refractivity contribution is 5.89. The Morgan fingerprint density at radius 1 is 0.821 bits per heavy atom. The molecule has 0 amide bonds. The van der Waals surface area contributed by atoms with E-state index in [0.717, 1.165) is 0 Å². The third-order valence-corrected chi connectivity index (χ3v) is 3.20. The molecule has 0 aliphatic rings. The van der Waals surface area contributed by atoms with Crippen LogP contribution in [0.3, 0.4) is 0 Å². The van der Waals surface area contributed by atoms with E-state index < -0.39 is 11.9 Å². The fraction of sp³-hybridized carbons (Fsp3) is 0.158. The second kappa shape index (κ2) is 10.9. The molecule has 9 nitrogen and oxygen atoms in total. The van der Waals surface area contributed by atoms with Crippen LogP contribution < -0.4 is 4.74 Å². The van der Waals surface area contributed by atoms with Crippen LogP contribution in [-0.4, -0.2) is 43.9 Å². The summed E-state index contributed by atoms with van der Waals surface area (Å²) in [6.07, 6.45) is 2.80. The van der Waals surface area contributed by atoms with Crippen molar-refractivity contribution in [2.45, 2.75) is 0 Å². The first-order valence-electron chi connectivity index (χ1n) is 7.94. The predicted octanol–water partition coefficient (Wildman–Crippen LogP) is 2.40. The summed E-state index contributed by atoms with van der Waals surface area (Å²) in [4.78, 5) is 50.6. The van der Waals surface area contributed by atoms with Gasteiger partial charge in [-0.2, -0.15) is 9.98 Å². The van der Waals surface area contributed by atoms with Crippen LogP contribution >= 0.6 is 0 Å². The number of hydrogen-bond acceptors (Lipinski definition) is 9. The maximum atomic E-state index is 11.8. The average Bonchev–Trinajstić information content (AvgIpc) is 2.70. The van der Waals surface area contributed by atoms with Gasteiger partial charge in [0.1, 0.15) is 19.0 Å². The fourth-order valence-corrected chi connectivity index (χ4v) is 1.96. The van der Waals surface area contributed by atoms with Gasteiger partial charge in [0.05, 0.1) is 23.5 Å². The van der Waals surface area contributed by atoms with Crippen LogP contribution in [0.2, 0.25) is 0 Å². The molecule has 0 spiro atoms. The number of isocyanates is 2. The lowest BCUT2D eigenvalue weighted by Gasteiger charge is -2.07. The molecule has 0 heterocycles. The summed E-state index contributed by atoms with van der Waals surface area (Å²) in [5.74, 6) is -0.942. The molecule has 0 aromatic heterocycles. The number of carbonyl (C=O) groups excluding carboxylic acids is 4. The van der Waals surface area contributed by atoms with Crippen LogP contribution in [0.1, 0.15) is 10.4 Å². The molecule has 9 heteroatoms. The average molecular weight is 382 g/mol. The van der Waals surface area contributed by atoms with E-state index in [1.807, 2.05) is 0 Å². The monoisotopic (exact) mass is 382 g/mol. The van der Waals surface area contributed by atoms with E-state index in [-0.39, 0.29) is 31.1 Å². The number of carbonyl (C=O) groups is 2. The van der Waals surface area contributed by atoms with Crippen molar-refractivity contribution in [1.29, 1.82) is 0 Å². The van der Waals surface area contributed by atoms with E-state index in [0.29, 0.717) is 11.4 Å². The maximum Gasteiger partial charge on any atom is 0.338 e. The minimum atomic E-state index is -0.635. The number of aliphatic imine (C=N–C) groups is 2. The van der Waals surface area contributed by atoms with Crippen molar-refractivity contribution in [3.63, 3.8) is 0 Å². The summed E-state index contributed by atoms with van der Waals surface area (Å²) in [5.41, 5.74) is 1.05. The lowest BCUT2D eigenvalue weighted by atomic mass is 10.2. The standard InChI is InChI=1S/C19H14N2O7/c22-12-20-15-3-1-14(2-4-15)19(25)27-10-9-26-11-18(24)28-17-7-5-16(6-8-17)21-13-23/h1-8H,9-11H2. The zero-order valence-electron chi connectivity index (χ0n) is 14.5.